The highest BCUT2D eigenvalue weighted by Crippen LogP contribution is 2.28. The third-order valence-corrected chi connectivity index (χ3v) is 4.71. The number of benzene rings is 1. The molecule has 100 valence electrons. The van der Waals surface area contributed by atoms with Crippen LogP contribution in [0.2, 0.25) is 0 Å². The van der Waals surface area contributed by atoms with Crippen molar-refractivity contribution in [2.75, 3.05) is 17.6 Å². The third-order valence-electron chi connectivity index (χ3n) is 3.31. The fraction of sp³-hybridized carbons (Fsp3) is 0.357. The first-order valence-electron chi connectivity index (χ1n) is 6.33. The lowest BCUT2D eigenvalue weighted by molar-refractivity contribution is 0.590. The zero-order chi connectivity index (χ0) is 13.2. The molecule has 1 saturated heterocycles. The molecule has 1 aliphatic rings. The molecule has 1 atom stereocenters. The molecule has 3 rings (SSSR count). The molecule has 5 heteroatoms. The highest BCUT2D eigenvalue weighted by molar-refractivity contribution is 8.00. The summed E-state index contributed by atoms with van der Waals surface area (Å²) < 4.78 is 27.0. The largest absolute Gasteiger partial charge is 0.383 e. The predicted octanol–water partition coefficient (Wildman–Crippen LogP) is 3.82. The Morgan fingerprint density at radius 1 is 1.37 bits per heavy atom. The first-order valence-corrected chi connectivity index (χ1v) is 7.38. The quantitative estimate of drug-likeness (QED) is 0.925. The molecule has 1 aromatic heterocycles. The van der Waals surface area contributed by atoms with Gasteiger partial charge in [-0.3, -0.25) is 4.98 Å². The molecule has 1 unspecified atom stereocenters. The monoisotopic (exact) mass is 280 g/mol. The van der Waals surface area contributed by atoms with Crippen molar-refractivity contribution in [2.45, 2.75) is 18.1 Å². The molecule has 0 bridgehead atoms. The Labute approximate surface area is 114 Å². The minimum absolute atomic E-state index is 0.213. The lowest BCUT2D eigenvalue weighted by atomic mass is 10.1. The molecule has 1 aliphatic heterocycles. The number of nitrogens with zero attached hydrogens (tertiary/aromatic N) is 1. The Morgan fingerprint density at radius 2 is 2.26 bits per heavy atom. The summed E-state index contributed by atoms with van der Waals surface area (Å²) in [5, 5.41) is 4.38. The Morgan fingerprint density at radius 3 is 3.05 bits per heavy atom. The van der Waals surface area contributed by atoms with Crippen molar-refractivity contribution >= 4 is 28.4 Å². The topological polar surface area (TPSA) is 24.9 Å². The Kier molecular flexibility index (Phi) is 3.55. The molecule has 19 heavy (non-hydrogen) atoms. The second-order valence-electron chi connectivity index (χ2n) is 4.66. The minimum atomic E-state index is -0.617. The molecule has 1 N–H and O–H groups in total. The fourth-order valence-electron chi connectivity index (χ4n) is 2.36. The van der Waals surface area contributed by atoms with E-state index in [-0.39, 0.29) is 5.52 Å². The predicted molar refractivity (Wildman–Crippen MR) is 75.6 cm³/mol. The van der Waals surface area contributed by atoms with Gasteiger partial charge in [0.1, 0.15) is 11.3 Å². The van der Waals surface area contributed by atoms with Crippen LogP contribution in [0.25, 0.3) is 10.9 Å². The summed E-state index contributed by atoms with van der Waals surface area (Å²) in [5.41, 5.74) is 0.960. The minimum Gasteiger partial charge on any atom is -0.383 e. The van der Waals surface area contributed by atoms with Gasteiger partial charge >= 0.3 is 0 Å². The van der Waals surface area contributed by atoms with E-state index in [4.69, 9.17) is 0 Å². The number of rotatable bonds is 3. The molecule has 0 aliphatic carbocycles. The van der Waals surface area contributed by atoms with E-state index in [0.717, 1.165) is 18.3 Å². The van der Waals surface area contributed by atoms with Crippen LogP contribution in [-0.2, 0) is 0 Å². The number of nitrogens with one attached hydrogen (secondary N) is 1. The van der Waals surface area contributed by atoms with Gasteiger partial charge in [0.2, 0.25) is 0 Å². The third kappa shape index (κ3) is 2.66. The molecule has 0 spiro atoms. The van der Waals surface area contributed by atoms with E-state index in [1.165, 1.54) is 24.7 Å². The van der Waals surface area contributed by atoms with Crippen LogP contribution in [0.4, 0.5) is 14.5 Å². The second-order valence-corrected chi connectivity index (χ2v) is 6.07. The number of thioether (sulfide) groups is 1. The van der Waals surface area contributed by atoms with E-state index in [0.29, 0.717) is 10.6 Å². The number of aromatic nitrogens is 1. The molecular weight excluding hydrogens is 266 g/mol. The standard InChI is InChI=1S/C14H14F2N2S/c15-9-6-11-13(18-8-10-2-1-5-19-10)3-4-17-14(11)12(16)7-9/h3-4,6-7,10H,1-2,5,8H2,(H,17,18). The van der Waals surface area contributed by atoms with Crippen molar-refractivity contribution in [1.29, 1.82) is 0 Å². The van der Waals surface area contributed by atoms with Crippen LogP contribution in [0.5, 0.6) is 0 Å². The number of halogens is 2. The Hall–Kier alpha value is -1.36. The maximum atomic E-state index is 13.6. The van der Waals surface area contributed by atoms with Gasteiger partial charge in [-0.1, -0.05) is 0 Å². The van der Waals surface area contributed by atoms with Crippen LogP contribution in [0.1, 0.15) is 12.8 Å². The van der Waals surface area contributed by atoms with Gasteiger partial charge in [-0.2, -0.15) is 11.8 Å². The van der Waals surface area contributed by atoms with E-state index < -0.39 is 11.6 Å². The second kappa shape index (κ2) is 5.33. The lowest BCUT2D eigenvalue weighted by Gasteiger charge is -2.13. The highest BCUT2D eigenvalue weighted by atomic mass is 32.2. The molecule has 2 aromatic rings. The highest BCUT2D eigenvalue weighted by Gasteiger charge is 2.16. The summed E-state index contributed by atoms with van der Waals surface area (Å²) in [4.78, 5) is 3.98. The van der Waals surface area contributed by atoms with Crippen LogP contribution >= 0.6 is 11.8 Å². The first-order chi connectivity index (χ1) is 9.24. The Bertz CT molecular complexity index is 597. The maximum Gasteiger partial charge on any atom is 0.152 e. The zero-order valence-electron chi connectivity index (χ0n) is 10.3. The van der Waals surface area contributed by atoms with Gasteiger partial charge in [0.05, 0.1) is 0 Å². The molecule has 0 amide bonds. The van der Waals surface area contributed by atoms with Crippen molar-refractivity contribution in [2.24, 2.45) is 0 Å². The van der Waals surface area contributed by atoms with Gasteiger partial charge in [-0.25, -0.2) is 8.78 Å². The van der Waals surface area contributed by atoms with Crippen LogP contribution in [-0.4, -0.2) is 22.5 Å². The lowest BCUT2D eigenvalue weighted by Crippen LogP contribution is -2.13. The normalized spacial score (nSPS) is 18.9. The fourth-order valence-corrected chi connectivity index (χ4v) is 3.56. The molecular formula is C14H14F2N2S. The van der Waals surface area contributed by atoms with E-state index in [1.54, 1.807) is 12.3 Å². The van der Waals surface area contributed by atoms with Crippen molar-refractivity contribution in [3.05, 3.63) is 36.0 Å². The van der Waals surface area contributed by atoms with Crippen LogP contribution in [0.15, 0.2) is 24.4 Å². The summed E-state index contributed by atoms with van der Waals surface area (Å²) in [5.74, 6) is 0.0114. The van der Waals surface area contributed by atoms with E-state index in [2.05, 4.69) is 10.3 Å². The number of fused-ring (bicyclic) bond motifs is 1. The van der Waals surface area contributed by atoms with E-state index in [9.17, 15) is 8.78 Å². The molecule has 0 saturated carbocycles. The smallest absolute Gasteiger partial charge is 0.152 e. The maximum absolute atomic E-state index is 13.6. The van der Waals surface area contributed by atoms with Gasteiger partial charge < -0.3 is 5.32 Å². The summed E-state index contributed by atoms with van der Waals surface area (Å²) in [6.07, 6.45) is 3.99. The molecule has 1 fully saturated rings. The summed E-state index contributed by atoms with van der Waals surface area (Å²) in [7, 11) is 0. The summed E-state index contributed by atoms with van der Waals surface area (Å²) in [6, 6.07) is 3.96. The van der Waals surface area contributed by atoms with Gasteiger partial charge in [-0.15, -0.1) is 0 Å². The van der Waals surface area contributed by atoms with Gasteiger partial charge in [0.15, 0.2) is 5.82 Å². The molecule has 0 radical (unpaired) electrons. The van der Waals surface area contributed by atoms with Crippen molar-refractivity contribution in [3.63, 3.8) is 0 Å². The number of hydrogen-bond acceptors (Lipinski definition) is 3. The van der Waals surface area contributed by atoms with Gasteiger partial charge in [0.25, 0.3) is 0 Å². The van der Waals surface area contributed by atoms with E-state index >= 15 is 0 Å². The zero-order valence-corrected chi connectivity index (χ0v) is 11.1. The molecule has 2 nitrogen and oxygen atoms in total. The van der Waals surface area contributed by atoms with Gasteiger partial charge in [0, 0.05) is 35.1 Å². The number of pyridine rings is 1. The van der Waals surface area contributed by atoms with Crippen LogP contribution in [0.3, 0.4) is 0 Å². The average molecular weight is 280 g/mol. The van der Waals surface area contributed by atoms with Crippen molar-refractivity contribution in [3.8, 4) is 0 Å². The average Bonchev–Trinajstić information content (AvgIpc) is 2.89. The Balaban J connectivity index is 1.89. The number of anilines is 1. The van der Waals surface area contributed by atoms with Crippen molar-refractivity contribution < 1.29 is 8.78 Å². The summed E-state index contributed by atoms with van der Waals surface area (Å²) >= 11 is 1.95. The molecule has 2 heterocycles. The van der Waals surface area contributed by atoms with E-state index in [1.807, 2.05) is 11.8 Å². The number of hydrogen-bond donors (Lipinski definition) is 1. The first kappa shape index (κ1) is 12.7. The SMILES string of the molecule is Fc1cc(F)c2nccc(NCC3CCCS3)c2c1. The van der Waals surface area contributed by atoms with Gasteiger partial charge in [-0.05, 0) is 30.7 Å². The summed E-state index contributed by atoms with van der Waals surface area (Å²) in [6.45, 7) is 0.821. The van der Waals surface area contributed by atoms with Crippen molar-refractivity contribution in [1.82, 2.24) is 4.98 Å². The van der Waals surface area contributed by atoms with Crippen LogP contribution < -0.4 is 5.32 Å². The van der Waals surface area contributed by atoms with Crippen LogP contribution in [0, 0.1) is 11.6 Å². The molecule has 1 aromatic carbocycles.